The zero-order chi connectivity index (χ0) is 23.2. The van der Waals surface area contributed by atoms with Crippen molar-refractivity contribution in [1.82, 2.24) is 19.3 Å². The van der Waals surface area contributed by atoms with E-state index in [0.717, 1.165) is 29.0 Å². The molecule has 3 aromatic rings. The fourth-order valence-electron chi connectivity index (χ4n) is 4.74. The lowest BCUT2D eigenvalue weighted by molar-refractivity contribution is -0.122. The normalized spacial score (nSPS) is 22.2. The summed E-state index contributed by atoms with van der Waals surface area (Å²) in [7, 11) is -3.86. The predicted octanol–water partition coefficient (Wildman–Crippen LogP) is 3.34. The Hall–Kier alpha value is -3.04. The third-order valence-corrected chi connectivity index (χ3v) is 8.46. The van der Waals surface area contributed by atoms with Gasteiger partial charge in [0, 0.05) is 36.6 Å². The molecule has 1 aliphatic carbocycles. The van der Waals surface area contributed by atoms with Gasteiger partial charge in [0.15, 0.2) is 5.78 Å². The van der Waals surface area contributed by atoms with Gasteiger partial charge in [0.05, 0.1) is 16.6 Å². The quantitative estimate of drug-likeness (QED) is 0.530. The van der Waals surface area contributed by atoms with E-state index in [-0.39, 0.29) is 29.1 Å². The minimum absolute atomic E-state index is 0.0216. The Kier molecular flexibility index (Phi) is 5.54. The van der Waals surface area contributed by atoms with Crippen molar-refractivity contribution >= 4 is 15.8 Å². The molecule has 0 amide bonds. The van der Waals surface area contributed by atoms with Gasteiger partial charge in [0.1, 0.15) is 11.6 Å². The maximum Gasteiger partial charge on any atom is 0.243 e. The molecular formula is C24H23FN4O3S. The van der Waals surface area contributed by atoms with Crippen LogP contribution in [-0.4, -0.2) is 45.5 Å². The summed E-state index contributed by atoms with van der Waals surface area (Å²) in [6.07, 6.45) is 7.23. The summed E-state index contributed by atoms with van der Waals surface area (Å²) >= 11 is 0. The maximum atomic E-state index is 13.3. The number of carbonyl (C=O) groups excluding carboxylic acids is 1. The first-order chi connectivity index (χ1) is 15.8. The smallest absolute Gasteiger partial charge is 0.243 e. The zero-order valence-corrected chi connectivity index (χ0v) is 18.9. The van der Waals surface area contributed by atoms with E-state index < -0.39 is 21.9 Å². The van der Waals surface area contributed by atoms with Gasteiger partial charge in [-0.1, -0.05) is 0 Å². The number of nitrogens with zero attached hydrogens (tertiary/aromatic N) is 4. The molecule has 2 bridgehead atoms. The van der Waals surface area contributed by atoms with E-state index in [1.807, 2.05) is 19.1 Å². The van der Waals surface area contributed by atoms with E-state index in [1.165, 1.54) is 16.4 Å². The number of aryl methyl sites for hydroxylation is 2. The highest BCUT2D eigenvalue weighted by atomic mass is 32.2. The summed E-state index contributed by atoms with van der Waals surface area (Å²) in [5, 5.41) is 0. The summed E-state index contributed by atoms with van der Waals surface area (Å²) in [5.41, 5.74) is 2.46. The maximum absolute atomic E-state index is 13.3. The number of sulfonamides is 1. The summed E-state index contributed by atoms with van der Waals surface area (Å²) in [6.45, 7) is 1.81. The Balaban J connectivity index is 1.31. The molecule has 3 aliphatic rings. The molecular weight excluding hydrogens is 443 g/mol. The first kappa shape index (κ1) is 21.8. The van der Waals surface area contributed by atoms with Crippen LogP contribution in [0, 0.1) is 18.7 Å². The van der Waals surface area contributed by atoms with E-state index in [4.69, 9.17) is 0 Å². The van der Waals surface area contributed by atoms with Crippen molar-refractivity contribution in [3.05, 3.63) is 72.2 Å². The molecule has 1 atom stereocenters. The summed E-state index contributed by atoms with van der Waals surface area (Å²) in [6, 6.07) is 7.72. The van der Waals surface area contributed by atoms with Crippen molar-refractivity contribution in [2.24, 2.45) is 5.92 Å². The first-order valence-electron chi connectivity index (χ1n) is 10.9. The third kappa shape index (κ3) is 4.06. The van der Waals surface area contributed by atoms with Crippen molar-refractivity contribution in [3.8, 4) is 11.3 Å². The van der Waals surface area contributed by atoms with Gasteiger partial charge in [-0.2, -0.15) is 4.31 Å². The SMILES string of the molecule is Cc1ncc(-c2cc(CCC(=O)[C@@H]3C4CC(C4)N3S(=O)(=O)c3ccc(F)cc3)ccn2)cn1. The van der Waals surface area contributed by atoms with E-state index in [9.17, 15) is 17.6 Å². The molecule has 2 aromatic heterocycles. The van der Waals surface area contributed by atoms with Crippen LogP contribution in [-0.2, 0) is 21.2 Å². The highest BCUT2D eigenvalue weighted by Crippen LogP contribution is 2.49. The molecule has 170 valence electrons. The lowest BCUT2D eigenvalue weighted by atomic mass is 9.81. The first-order valence-corrected chi connectivity index (χ1v) is 12.3. The summed E-state index contributed by atoms with van der Waals surface area (Å²) in [4.78, 5) is 26.0. The highest BCUT2D eigenvalue weighted by Gasteiger charge is 2.57. The number of rotatable bonds is 7. The van der Waals surface area contributed by atoms with E-state index in [2.05, 4.69) is 15.0 Å². The van der Waals surface area contributed by atoms with Crippen molar-refractivity contribution in [3.63, 3.8) is 0 Å². The van der Waals surface area contributed by atoms with Crippen molar-refractivity contribution < 1.29 is 17.6 Å². The van der Waals surface area contributed by atoms with Gasteiger partial charge >= 0.3 is 0 Å². The fraction of sp³-hybridized carbons (Fsp3) is 0.333. The van der Waals surface area contributed by atoms with Crippen LogP contribution in [0.3, 0.4) is 0 Å². The van der Waals surface area contributed by atoms with Gasteiger partial charge in [-0.05, 0) is 74.1 Å². The number of carbonyl (C=O) groups is 1. The molecule has 33 heavy (non-hydrogen) atoms. The Bertz CT molecular complexity index is 1290. The van der Waals surface area contributed by atoms with Crippen LogP contribution in [0.2, 0.25) is 0 Å². The second-order valence-corrected chi connectivity index (χ2v) is 10.5. The standard InChI is InChI=1S/C24H23FN4O3S/c1-15-27-13-18(14-28-15)22-10-16(8-9-26-22)2-7-23(30)24-17-11-20(12-17)29(24)33(31,32)21-5-3-19(25)4-6-21/h3-6,8-10,13-14,17,20,24H,2,7,11-12H2,1H3/t17?,20?,24-/m0/s1. The predicted molar refractivity (Wildman–Crippen MR) is 119 cm³/mol. The molecule has 1 aromatic carbocycles. The molecule has 0 radical (unpaired) electrons. The monoisotopic (exact) mass is 466 g/mol. The number of hydrogen-bond donors (Lipinski definition) is 0. The molecule has 2 saturated heterocycles. The van der Waals surface area contributed by atoms with Crippen LogP contribution in [0.1, 0.15) is 30.7 Å². The molecule has 9 heteroatoms. The Morgan fingerprint density at radius 1 is 1.09 bits per heavy atom. The summed E-state index contributed by atoms with van der Waals surface area (Å²) < 4.78 is 41.1. The zero-order valence-electron chi connectivity index (χ0n) is 18.1. The Labute approximate surface area is 191 Å². The Morgan fingerprint density at radius 3 is 2.48 bits per heavy atom. The van der Waals surface area contributed by atoms with Crippen LogP contribution < -0.4 is 0 Å². The molecule has 7 nitrogen and oxygen atoms in total. The molecule has 1 saturated carbocycles. The number of Topliss-reactive ketones (excluding diaryl/α,β-unsaturated/α-hetero) is 1. The van der Waals surface area contributed by atoms with Gasteiger partial charge in [-0.25, -0.2) is 22.8 Å². The minimum atomic E-state index is -3.86. The number of benzene rings is 1. The van der Waals surface area contributed by atoms with Crippen LogP contribution in [0.5, 0.6) is 0 Å². The lowest BCUT2D eigenvalue weighted by Crippen LogP contribution is -2.41. The average Bonchev–Trinajstić information content (AvgIpc) is 3.36. The van der Waals surface area contributed by atoms with E-state index in [1.54, 1.807) is 18.6 Å². The fourth-order valence-corrected chi connectivity index (χ4v) is 6.61. The number of aromatic nitrogens is 3. The second kappa shape index (κ2) is 8.39. The second-order valence-electron chi connectivity index (χ2n) is 8.65. The van der Waals surface area contributed by atoms with Gasteiger partial charge < -0.3 is 0 Å². The molecule has 2 aliphatic heterocycles. The van der Waals surface area contributed by atoms with Crippen molar-refractivity contribution in [1.29, 1.82) is 0 Å². The number of ketones is 1. The molecule has 3 fully saturated rings. The number of hydrogen-bond acceptors (Lipinski definition) is 6. The van der Waals surface area contributed by atoms with E-state index >= 15 is 0 Å². The molecule has 6 rings (SSSR count). The van der Waals surface area contributed by atoms with Crippen LogP contribution in [0.4, 0.5) is 4.39 Å². The molecule has 0 N–H and O–H groups in total. The van der Waals surface area contributed by atoms with Crippen molar-refractivity contribution in [2.75, 3.05) is 0 Å². The van der Waals surface area contributed by atoms with Crippen LogP contribution in [0.15, 0.2) is 59.9 Å². The Morgan fingerprint density at radius 2 is 1.79 bits per heavy atom. The number of fused-ring (bicyclic) bond motifs is 1. The highest BCUT2D eigenvalue weighted by molar-refractivity contribution is 7.89. The molecule has 0 spiro atoms. The number of halogens is 1. The third-order valence-electron chi connectivity index (χ3n) is 6.51. The van der Waals surface area contributed by atoms with Gasteiger partial charge in [-0.15, -0.1) is 0 Å². The lowest BCUT2D eigenvalue weighted by Gasteiger charge is -2.25. The average molecular weight is 467 g/mol. The van der Waals surface area contributed by atoms with Gasteiger partial charge in [0.25, 0.3) is 0 Å². The van der Waals surface area contributed by atoms with Gasteiger partial charge in [-0.3, -0.25) is 9.78 Å². The largest absolute Gasteiger partial charge is 0.298 e. The topological polar surface area (TPSA) is 93.1 Å². The van der Waals surface area contributed by atoms with Crippen LogP contribution >= 0.6 is 0 Å². The van der Waals surface area contributed by atoms with Crippen molar-refractivity contribution in [2.45, 2.75) is 49.6 Å². The summed E-state index contributed by atoms with van der Waals surface area (Å²) in [5.74, 6) is 0.148. The van der Waals surface area contributed by atoms with Gasteiger partial charge in [0.2, 0.25) is 10.0 Å². The van der Waals surface area contributed by atoms with Crippen LogP contribution in [0.25, 0.3) is 11.3 Å². The number of pyridine rings is 1. The molecule has 4 heterocycles. The minimum Gasteiger partial charge on any atom is -0.298 e. The molecule has 0 unspecified atom stereocenters. The van der Waals surface area contributed by atoms with E-state index in [0.29, 0.717) is 25.1 Å².